The van der Waals surface area contributed by atoms with E-state index < -0.39 is 9.84 Å². The van der Waals surface area contributed by atoms with Crippen LogP contribution in [0.5, 0.6) is 0 Å². The summed E-state index contributed by atoms with van der Waals surface area (Å²) in [5.41, 5.74) is 0.843. The van der Waals surface area contributed by atoms with Crippen LogP contribution >= 0.6 is 0 Å². The SMILES string of the molecule is CC(CO)c1cccc(S(C)(=O)=O)c1. The van der Waals surface area contributed by atoms with Crippen LogP contribution in [0.3, 0.4) is 0 Å². The van der Waals surface area contributed by atoms with Crippen molar-refractivity contribution in [3.05, 3.63) is 29.8 Å². The van der Waals surface area contributed by atoms with Gasteiger partial charge in [-0.2, -0.15) is 0 Å². The minimum absolute atomic E-state index is 0.0210. The smallest absolute Gasteiger partial charge is 0.175 e. The van der Waals surface area contributed by atoms with Crippen LogP contribution in [0.1, 0.15) is 18.4 Å². The van der Waals surface area contributed by atoms with Gasteiger partial charge in [-0.1, -0.05) is 19.1 Å². The number of hydrogen-bond acceptors (Lipinski definition) is 3. The zero-order valence-electron chi connectivity index (χ0n) is 8.27. The quantitative estimate of drug-likeness (QED) is 0.822. The molecule has 0 saturated heterocycles. The fraction of sp³-hybridized carbons (Fsp3) is 0.400. The highest BCUT2D eigenvalue weighted by Crippen LogP contribution is 2.18. The first-order valence-electron chi connectivity index (χ1n) is 4.36. The predicted molar refractivity (Wildman–Crippen MR) is 55.1 cm³/mol. The lowest BCUT2D eigenvalue weighted by atomic mass is 10.0. The summed E-state index contributed by atoms with van der Waals surface area (Å²) in [6, 6.07) is 6.67. The molecule has 0 saturated carbocycles. The van der Waals surface area contributed by atoms with E-state index in [4.69, 9.17) is 5.11 Å². The normalized spacial score (nSPS) is 13.9. The van der Waals surface area contributed by atoms with Gasteiger partial charge in [0.15, 0.2) is 9.84 Å². The van der Waals surface area contributed by atoms with Crippen LogP contribution in [0, 0.1) is 0 Å². The fourth-order valence-electron chi connectivity index (χ4n) is 1.16. The number of sulfone groups is 1. The van der Waals surface area contributed by atoms with Gasteiger partial charge in [0.05, 0.1) is 4.90 Å². The monoisotopic (exact) mass is 214 g/mol. The van der Waals surface area contributed by atoms with Crippen molar-refractivity contribution in [3.63, 3.8) is 0 Å². The summed E-state index contributed by atoms with van der Waals surface area (Å²) in [6.45, 7) is 1.87. The highest BCUT2D eigenvalue weighted by atomic mass is 32.2. The molecule has 1 atom stereocenters. The highest BCUT2D eigenvalue weighted by Gasteiger charge is 2.10. The molecule has 3 nitrogen and oxygen atoms in total. The van der Waals surface area contributed by atoms with Gasteiger partial charge in [0.2, 0.25) is 0 Å². The molecule has 0 aliphatic rings. The van der Waals surface area contributed by atoms with Gasteiger partial charge >= 0.3 is 0 Å². The van der Waals surface area contributed by atoms with Gasteiger partial charge < -0.3 is 5.11 Å². The summed E-state index contributed by atoms with van der Waals surface area (Å²) in [5, 5.41) is 8.93. The lowest BCUT2D eigenvalue weighted by Gasteiger charge is -2.09. The van der Waals surface area contributed by atoms with Crippen molar-refractivity contribution in [3.8, 4) is 0 Å². The zero-order valence-corrected chi connectivity index (χ0v) is 9.08. The maximum Gasteiger partial charge on any atom is 0.175 e. The number of hydrogen-bond donors (Lipinski definition) is 1. The Morgan fingerprint density at radius 1 is 1.43 bits per heavy atom. The van der Waals surface area contributed by atoms with Crippen LogP contribution in [0.15, 0.2) is 29.2 Å². The number of benzene rings is 1. The van der Waals surface area contributed by atoms with E-state index in [0.717, 1.165) is 5.56 Å². The molecular formula is C10H14O3S. The van der Waals surface area contributed by atoms with E-state index in [0.29, 0.717) is 4.90 Å². The van der Waals surface area contributed by atoms with Gasteiger partial charge in [0.25, 0.3) is 0 Å². The maximum absolute atomic E-state index is 11.2. The summed E-state index contributed by atoms with van der Waals surface area (Å²) in [6.07, 6.45) is 1.18. The van der Waals surface area contributed by atoms with Crippen LogP contribution in [0.25, 0.3) is 0 Å². The number of aliphatic hydroxyl groups excluding tert-OH is 1. The third-order valence-electron chi connectivity index (χ3n) is 2.13. The lowest BCUT2D eigenvalue weighted by Crippen LogP contribution is -2.02. The van der Waals surface area contributed by atoms with Crippen molar-refractivity contribution < 1.29 is 13.5 Å². The van der Waals surface area contributed by atoms with Gasteiger partial charge in [0, 0.05) is 18.8 Å². The second-order valence-electron chi connectivity index (χ2n) is 3.43. The first kappa shape index (κ1) is 11.2. The standard InChI is InChI=1S/C10H14O3S/c1-8(7-11)9-4-3-5-10(6-9)14(2,12)13/h3-6,8,11H,7H2,1-2H3. The molecule has 78 valence electrons. The number of aliphatic hydroxyl groups is 1. The topological polar surface area (TPSA) is 54.4 Å². The Morgan fingerprint density at radius 2 is 2.07 bits per heavy atom. The van der Waals surface area contributed by atoms with Gasteiger partial charge in [-0.15, -0.1) is 0 Å². The average Bonchev–Trinajstić information content (AvgIpc) is 2.15. The second-order valence-corrected chi connectivity index (χ2v) is 5.44. The van der Waals surface area contributed by atoms with Crippen molar-refractivity contribution in [2.24, 2.45) is 0 Å². The van der Waals surface area contributed by atoms with Gasteiger partial charge in [0.1, 0.15) is 0 Å². The van der Waals surface area contributed by atoms with E-state index in [9.17, 15) is 8.42 Å². The Kier molecular flexibility index (Phi) is 3.29. The Labute approximate surface area is 84.3 Å². The van der Waals surface area contributed by atoms with E-state index in [1.54, 1.807) is 18.2 Å². The van der Waals surface area contributed by atoms with Gasteiger partial charge in [-0.3, -0.25) is 0 Å². The van der Waals surface area contributed by atoms with E-state index in [2.05, 4.69) is 0 Å². The van der Waals surface area contributed by atoms with Crippen molar-refractivity contribution in [1.82, 2.24) is 0 Å². The summed E-state index contributed by atoms with van der Waals surface area (Å²) < 4.78 is 22.5. The largest absolute Gasteiger partial charge is 0.396 e. The van der Waals surface area contributed by atoms with E-state index >= 15 is 0 Å². The molecule has 0 amide bonds. The molecule has 0 spiro atoms. The van der Waals surface area contributed by atoms with E-state index in [-0.39, 0.29) is 12.5 Å². The Balaban J connectivity index is 3.14. The summed E-state index contributed by atoms with van der Waals surface area (Å²) in [5.74, 6) is -0.0308. The first-order valence-corrected chi connectivity index (χ1v) is 6.25. The Morgan fingerprint density at radius 3 is 2.57 bits per heavy atom. The number of rotatable bonds is 3. The molecule has 0 bridgehead atoms. The van der Waals surface area contributed by atoms with Crippen molar-refractivity contribution in [2.75, 3.05) is 12.9 Å². The third-order valence-corrected chi connectivity index (χ3v) is 3.24. The summed E-state index contributed by atoms with van der Waals surface area (Å²) in [4.78, 5) is 0.301. The molecule has 0 heterocycles. The Hall–Kier alpha value is -0.870. The molecular weight excluding hydrogens is 200 g/mol. The second kappa shape index (κ2) is 4.11. The molecule has 1 unspecified atom stereocenters. The molecule has 4 heteroatoms. The lowest BCUT2D eigenvalue weighted by molar-refractivity contribution is 0.273. The first-order chi connectivity index (χ1) is 6.45. The minimum Gasteiger partial charge on any atom is -0.396 e. The molecule has 1 aromatic carbocycles. The fourth-order valence-corrected chi connectivity index (χ4v) is 1.83. The molecule has 0 aliphatic heterocycles. The zero-order chi connectivity index (χ0) is 10.8. The summed E-state index contributed by atoms with van der Waals surface area (Å²) in [7, 11) is -3.15. The molecule has 1 rings (SSSR count). The van der Waals surface area contributed by atoms with Crippen LogP contribution < -0.4 is 0 Å². The molecule has 1 aromatic rings. The van der Waals surface area contributed by atoms with Crippen molar-refractivity contribution in [2.45, 2.75) is 17.7 Å². The Bertz CT molecular complexity index is 409. The summed E-state index contributed by atoms with van der Waals surface area (Å²) >= 11 is 0. The molecule has 0 radical (unpaired) electrons. The van der Waals surface area contributed by atoms with Crippen molar-refractivity contribution >= 4 is 9.84 Å². The molecule has 0 aromatic heterocycles. The van der Waals surface area contributed by atoms with Crippen molar-refractivity contribution in [1.29, 1.82) is 0 Å². The molecule has 0 aliphatic carbocycles. The van der Waals surface area contributed by atoms with Crippen LogP contribution in [0.2, 0.25) is 0 Å². The minimum atomic E-state index is -3.15. The van der Waals surface area contributed by atoms with Crippen LogP contribution in [-0.2, 0) is 9.84 Å². The van der Waals surface area contributed by atoms with E-state index in [1.165, 1.54) is 6.26 Å². The van der Waals surface area contributed by atoms with Gasteiger partial charge in [-0.25, -0.2) is 8.42 Å². The molecule has 14 heavy (non-hydrogen) atoms. The molecule has 0 fully saturated rings. The van der Waals surface area contributed by atoms with E-state index in [1.807, 2.05) is 13.0 Å². The maximum atomic E-state index is 11.2. The predicted octanol–water partition coefficient (Wildman–Crippen LogP) is 1.19. The van der Waals surface area contributed by atoms with Gasteiger partial charge in [-0.05, 0) is 17.7 Å². The third kappa shape index (κ3) is 2.56. The van der Waals surface area contributed by atoms with Crippen LogP contribution in [0.4, 0.5) is 0 Å². The highest BCUT2D eigenvalue weighted by molar-refractivity contribution is 7.90. The van der Waals surface area contributed by atoms with Crippen LogP contribution in [-0.4, -0.2) is 26.4 Å². The average molecular weight is 214 g/mol. The molecule has 1 N–H and O–H groups in total.